The highest BCUT2D eigenvalue weighted by Gasteiger charge is 2.18. The Labute approximate surface area is 92.1 Å². The zero-order chi connectivity index (χ0) is 11.4. The van der Waals surface area contributed by atoms with Gasteiger partial charge in [0.15, 0.2) is 0 Å². The predicted molar refractivity (Wildman–Crippen MR) is 63.2 cm³/mol. The number of hydrazine groups is 1. The molecule has 3 nitrogen and oxygen atoms in total. The fraction of sp³-hybridized carbons (Fsp3) is 0.583. The largest absolute Gasteiger partial charge is 0.271 e. The van der Waals surface area contributed by atoms with Crippen LogP contribution in [-0.4, -0.2) is 4.98 Å². The van der Waals surface area contributed by atoms with E-state index in [2.05, 4.69) is 30.3 Å². The second-order valence-electron chi connectivity index (χ2n) is 4.16. The molecule has 0 saturated heterocycles. The maximum atomic E-state index is 5.61. The minimum absolute atomic E-state index is 0.197. The van der Waals surface area contributed by atoms with Gasteiger partial charge in [-0.3, -0.25) is 16.3 Å². The first kappa shape index (κ1) is 12.1. The number of hydrogen-bond donors (Lipinski definition) is 2. The summed E-state index contributed by atoms with van der Waals surface area (Å²) in [5, 5.41) is 0. The van der Waals surface area contributed by atoms with Crippen molar-refractivity contribution < 1.29 is 0 Å². The summed E-state index contributed by atoms with van der Waals surface area (Å²) >= 11 is 0. The van der Waals surface area contributed by atoms with E-state index in [4.69, 9.17) is 5.84 Å². The molecule has 1 heterocycles. The Morgan fingerprint density at radius 1 is 1.40 bits per heavy atom. The number of nitrogens with one attached hydrogen (secondary N) is 1. The van der Waals surface area contributed by atoms with Crippen LogP contribution < -0.4 is 11.3 Å². The van der Waals surface area contributed by atoms with Gasteiger partial charge in [-0.2, -0.15) is 0 Å². The quantitative estimate of drug-likeness (QED) is 0.588. The first-order chi connectivity index (χ1) is 7.10. The Kier molecular flexibility index (Phi) is 4.24. The zero-order valence-electron chi connectivity index (χ0n) is 10.0. The number of pyridine rings is 1. The molecular weight excluding hydrogens is 186 g/mol. The van der Waals surface area contributed by atoms with E-state index in [0.29, 0.717) is 5.92 Å². The minimum Gasteiger partial charge on any atom is -0.271 e. The fourth-order valence-electron chi connectivity index (χ4n) is 1.82. The van der Waals surface area contributed by atoms with E-state index in [1.54, 1.807) is 0 Å². The van der Waals surface area contributed by atoms with Gasteiger partial charge in [-0.1, -0.05) is 26.3 Å². The van der Waals surface area contributed by atoms with E-state index in [9.17, 15) is 0 Å². The lowest BCUT2D eigenvalue weighted by molar-refractivity contribution is 0.380. The lowest BCUT2D eigenvalue weighted by atomic mass is 9.92. The Hall–Kier alpha value is -0.930. The summed E-state index contributed by atoms with van der Waals surface area (Å²) in [6, 6.07) is 4.35. The summed E-state index contributed by atoms with van der Waals surface area (Å²) in [6.07, 6.45) is 1.10. The molecule has 1 rings (SSSR count). The lowest BCUT2D eigenvalue weighted by Gasteiger charge is -2.23. The smallest absolute Gasteiger partial charge is 0.0503 e. The highest BCUT2D eigenvalue weighted by molar-refractivity contribution is 5.25. The van der Waals surface area contributed by atoms with E-state index in [1.807, 2.05) is 19.9 Å². The highest BCUT2D eigenvalue weighted by Crippen LogP contribution is 2.25. The van der Waals surface area contributed by atoms with Gasteiger partial charge in [0.2, 0.25) is 0 Å². The van der Waals surface area contributed by atoms with Crippen molar-refractivity contribution in [3.05, 3.63) is 29.1 Å². The maximum absolute atomic E-state index is 5.61. The van der Waals surface area contributed by atoms with Crippen LogP contribution >= 0.6 is 0 Å². The number of rotatable bonds is 4. The van der Waals surface area contributed by atoms with E-state index in [1.165, 1.54) is 5.56 Å². The molecule has 0 aliphatic heterocycles. The SMILES string of the molecule is CCC(C)C(NN)c1ccc(C)nc1C. The van der Waals surface area contributed by atoms with E-state index >= 15 is 0 Å². The van der Waals surface area contributed by atoms with Crippen LogP contribution in [0.5, 0.6) is 0 Å². The van der Waals surface area contributed by atoms with Gasteiger partial charge >= 0.3 is 0 Å². The van der Waals surface area contributed by atoms with E-state index in [-0.39, 0.29) is 6.04 Å². The summed E-state index contributed by atoms with van der Waals surface area (Å²) in [6.45, 7) is 8.41. The van der Waals surface area contributed by atoms with Crippen LogP contribution in [0.15, 0.2) is 12.1 Å². The third-order valence-corrected chi connectivity index (χ3v) is 2.99. The van der Waals surface area contributed by atoms with Crippen molar-refractivity contribution in [3.8, 4) is 0 Å². The van der Waals surface area contributed by atoms with Gasteiger partial charge in [-0.05, 0) is 31.4 Å². The molecule has 2 atom stereocenters. The summed E-state index contributed by atoms with van der Waals surface area (Å²) in [4.78, 5) is 4.46. The molecule has 84 valence electrons. The van der Waals surface area contributed by atoms with Crippen LogP contribution in [0.25, 0.3) is 0 Å². The lowest BCUT2D eigenvalue weighted by Crippen LogP contribution is -2.33. The molecule has 0 aliphatic carbocycles. The monoisotopic (exact) mass is 207 g/mol. The van der Waals surface area contributed by atoms with Gasteiger partial charge in [0.05, 0.1) is 6.04 Å². The molecule has 2 unspecified atom stereocenters. The molecule has 0 fully saturated rings. The minimum atomic E-state index is 0.197. The Morgan fingerprint density at radius 2 is 2.07 bits per heavy atom. The van der Waals surface area contributed by atoms with Gasteiger partial charge in [-0.15, -0.1) is 0 Å². The van der Waals surface area contributed by atoms with Crippen molar-refractivity contribution in [1.82, 2.24) is 10.4 Å². The average molecular weight is 207 g/mol. The van der Waals surface area contributed by atoms with Gasteiger partial charge in [0.25, 0.3) is 0 Å². The number of nitrogens with two attached hydrogens (primary N) is 1. The van der Waals surface area contributed by atoms with E-state index < -0.39 is 0 Å². The maximum Gasteiger partial charge on any atom is 0.0503 e. The van der Waals surface area contributed by atoms with Crippen molar-refractivity contribution in [1.29, 1.82) is 0 Å². The molecule has 3 heteroatoms. The summed E-state index contributed by atoms with van der Waals surface area (Å²) in [5.41, 5.74) is 6.22. The zero-order valence-corrected chi connectivity index (χ0v) is 10.0. The van der Waals surface area contributed by atoms with Crippen LogP contribution in [0, 0.1) is 19.8 Å². The second kappa shape index (κ2) is 5.24. The summed E-state index contributed by atoms with van der Waals surface area (Å²) in [5.74, 6) is 6.12. The predicted octanol–water partition coefficient (Wildman–Crippen LogP) is 2.25. The second-order valence-corrected chi connectivity index (χ2v) is 4.16. The number of hydrogen-bond acceptors (Lipinski definition) is 3. The fourth-order valence-corrected chi connectivity index (χ4v) is 1.82. The van der Waals surface area contributed by atoms with E-state index in [0.717, 1.165) is 17.8 Å². The highest BCUT2D eigenvalue weighted by atomic mass is 15.2. The van der Waals surface area contributed by atoms with Crippen LogP contribution in [0.1, 0.15) is 43.3 Å². The van der Waals surface area contributed by atoms with Crippen molar-refractivity contribution in [3.63, 3.8) is 0 Å². The van der Waals surface area contributed by atoms with Crippen molar-refractivity contribution in [2.45, 2.75) is 40.2 Å². The Bertz CT molecular complexity index is 323. The Morgan fingerprint density at radius 3 is 2.53 bits per heavy atom. The first-order valence-electron chi connectivity index (χ1n) is 5.50. The molecule has 1 aromatic rings. The molecule has 0 radical (unpaired) electrons. The van der Waals surface area contributed by atoms with Crippen molar-refractivity contribution >= 4 is 0 Å². The van der Waals surface area contributed by atoms with Crippen LogP contribution in [-0.2, 0) is 0 Å². The third-order valence-electron chi connectivity index (χ3n) is 2.99. The normalized spacial score (nSPS) is 15.0. The standard InChI is InChI=1S/C12H21N3/c1-5-8(2)12(15-13)11-7-6-9(3)14-10(11)4/h6-8,12,15H,5,13H2,1-4H3. The van der Waals surface area contributed by atoms with Crippen molar-refractivity contribution in [2.24, 2.45) is 11.8 Å². The number of aryl methyl sites for hydroxylation is 2. The molecule has 1 aromatic heterocycles. The molecule has 3 N–H and O–H groups in total. The number of nitrogens with zero attached hydrogens (tertiary/aromatic N) is 1. The van der Waals surface area contributed by atoms with Crippen LogP contribution in [0.2, 0.25) is 0 Å². The molecule has 0 spiro atoms. The van der Waals surface area contributed by atoms with Gasteiger partial charge < -0.3 is 0 Å². The molecule has 0 aliphatic rings. The third kappa shape index (κ3) is 2.76. The number of aromatic nitrogens is 1. The van der Waals surface area contributed by atoms with Gasteiger partial charge in [0, 0.05) is 11.4 Å². The molecule has 0 aromatic carbocycles. The Balaban J connectivity index is 3.01. The van der Waals surface area contributed by atoms with Gasteiger partial charge in [-0.25, -0.2) is 0 Å². The molecule has 0 bridgehead atoms. The molecule has 15 heavy (non-hydrogen) atoms. The topological polar surface area (TPSA) is 50.9 Å². The average Bonchev–Trinajstić information content (AvgIpc) is 2.21. The molecule has 0 saturated carbocycles. The van der Waals surface area contributed by atoms with Crippen molar-refractivity contribution in [2.75, 3.05) is 0 Å². The summed E-state index contributed by atoms with van der Waals surface area (Å²) < 4.78 is 0. The molecule has 0 amide bonds. The summed E-state index contributed by atoms with van der Waals surface area (Å²) in [7, 11) is 0. The first-order valence-corrected chi connectivity index (χ1v) is 5.50. The van der Waals surface area contributed by atoms with Gasteiger partial charge in [0.1, 0.15) is 0 Å². The molecular formula is C12H21N3. The van der Waals surface area contributed by atoms with Crippen LogP contribution in [0.3, 0.4) is 0 Å². The van der Waals surface area contributed by atoms with Crippen LogP contribution in [0.4, 0.5) is 0 Å².